The molecule has 2 aromatic carbocycles. The molecular weight excluding hydrogens is 380 g/mol. The molecule has 5 rings (SSSR count). The highest BCUT2D eigenvalue weighted by Crippen LogP contribution is 2.26. The van der Waals surface area contributed by atoms with Crippen molar-refractivity contribution in [3.05, 3.63) is 77.2 Å². The van der Waals surface area contributed by atoms with Crippen LogP contribution in [0.1, 0.15) is 44.7 Å². The van der Waals surface area contributed by atoms with E-state index < -0.39 is 0 Å². The summed E-state index contributed by atoms with van der Waals surface area (Å²) < 4.78 is 6.84. The number of aryl methyl sites for hydroxylation is 1. The second kappa shape index (κ2) is 6.88. The summed E-state index contributed by atoms with van der Waals surface area (Å²) in [6.07, 6.45) is 5.09. The van der Waals surface area contributed by atoms with Crippen LogP contribution in [0.3, 0.4) is 0 Å². The van der Waals surface area contributed by atoms with E-state index in [1.54, 1.807) is 42.7 Å². The van der Waals surface area contributed by atoms with Crippen molar-refractivity contribution in [3.8, 4) is 5.69 Å². The summed E-state index contributed by atoms with van der Waals surface area (Å²) in [5.41, 5.74) is 9.94. The van der Waals surface area contributed by atoms with E-state index in [0.29, 0.717) is 28.0 Å². The number of hydrogen-bond donors (Lipinski definition) is 2. The molecular formula is C23H20N4O3. The molecule has 0 saturated heterocycles. The molecule has 1 fully saturated rings. The molecule has 30 heavy (non-hydrogen) atoms. The van der Waals surface area contributed by atoms with Crippen LogP contribution < -0.4 is 11.1 Å². The lowest BCUT2D eigenvalue weighted by Crippen LogP contribution is -2.25. The topological polar surface area (TPSA) is 103 Å². The molecule has 0 radical (unpaired) electrons. The highest BCUT2D eigenvalue weighted by molar-refractivity contribution is 6.13. The van der Waals surface area contributed by atoms with Crippen LogP contribution in [0.5, 0.6) is 0 Å². The third-order valence-electron chi connectivity index (χ3n) is 5.38. The summed E-state index contributed by atoms with van der Waals surface area (Å²) in [5, 5.41) is 8.16. The first-order valence-corrected chi connectivity index (χ1v) is 9.78. The third-order valence-corrected chi connectivity index (χ3v) is 5.38. The van der Waals surface area contributed by atoms with Crippen LogP contribution in [0.2, 0.25) is 0 Å². The lowest BCUT2D eigenvalue weighted by molar-refractivity contribution is 0.0950. The molecule has 150 valence electrons. The first kappa shape index (κ1) is 18.2. The standard InChI is InChI=1S/C23H20N4O3/c1-13-2-3-16(23(29)26-17-5-6-17)11-19(13)27-22(24)18(12-25-27)21(28)15-4-7-20-14(10-15)8-9-30-20/h2-4,7-12,17H,5-6,24H2,1H3,(H,26,29). The van der Waals surface area contributed by atoms with E-state index in [9.17, 15) is 9.59 Å². The zero-order chi connectivity index (χ0) is 20.8. The third kappa shape index (κ3) is 3.14. The second-order valence-corrected chi connectivity index (χ2v) is 7.61. The number of benzene rings is 2. The van der Waals surface area contributed by atoms with Crippen molar-refractivity contribution in [1.29, 1.82) is 0 Å². The number of nitrogens with two attached hydrogens (primary N) is 1. The van der Waals surface area contributed by atoms with Crippen LogP contribution in [-0.2, 0) is 0 Å². The number of carbonyl (C=O) groups excluding carboxylic acids is 2. The van der Waals surface area contributed by atoms with Crippen molar-refractivity contribution >= 4 is 28.5 Å². The molecule has 4 aromatic rings. The molecule has 1 aliphatic carbocycles. The van der Waals surface area contributed by atoms with Gasteiger partial charge in [-0.25, -0.2) is 4.68 Å². The Bertz CT molecular complexity index is 1300. The highest BCUT2D eigenvalue weighted by Gasteiger charge is 2.24. The Morgan fingerprint density at radius 3 is 2.73 bits per heavy atom. The Morgan fingerprint density at radius 1 is 1.13 bits per heavy atom. The monoisotopic (exact) mass is 400 g/mol. The van der Waals surface area contributed by atoms with Gasteiger partial charge in [-0.05, 0) is 61.7 Å². The van der Waals surface area contributed by atoms with Gasteiger partial charge in [0.25, 0.3) is 5.91 Å². The van der Waals surface area contributed by atoms with E-state index in [1.165, 1.54) is 10.9 Å². The number of rotatable bonds is 5. The molecule has 0 unspecified atom stereocenters. The summed E-state index contributed by atoms with van der Waals surface area (Å²) in [6.45, 7) is 1.91. The van der Waals surface area contributed by atoms with Gasteiger partial charge in [-0.15, -0.1) is 0 Å². The normalized spacial score (nSPS) is 13.5. The van der Waals surface area contributed by atoms with Crippen molar-refractivity contribution in [2.75, 3.05) is 5.73 Å². The quantitative estimate of drug-likeness (QED) is 0.498. The number of carbonyl (C=O) groups is 2. The fourth-order valence-corrected chi connectivity index (χ4v) is 3.46. The number of ketones is 1. The summed E-state index contributed by atoms with van der Waals surface area (Å²) in [7, 11) is 0. The smallest absolute Gasteiger partial charge is 0.251 e. The average molecular weight is 400 g/mol. The van der Waals surface area contributed by atoms with Gasteiger partial charge in [0.1, 0.15) is 11.4 Å². The molecule has 1 aliphatic rings. The zero-order valence-corrected chi connectivity index (χ0v) is 16.4. The minimum atomic E-state index is -0.220. The summed E-state index contributed by atoms with van der Waals surface area (Å²) in [6, 6.07) is 12.7. The molecule has 7 nitrogen and oxygen atoms in total. The molecule has 3 N–H and O–H groups in total. The number of furan rings is 1. The van der Waals surface area contributed by atoms with E-state index in [2.05, 4.69) is 10.4 Å². The lowest BCUT2D eigenvalue weighted by atomic mass is 10.0. The fourth-order valence-electron chi connectivity index (χ4n) is 3.46. The van der Waals surface area contributed by atoms with Crippen LogP contribution in [0.15, 0.2) is 59.3 Å². The highest BCUT2D eigenvalue weighted by atomic mass is 16.3. The van der Waals surface area contributed by atoms with E-state index in [0.717, 1.165) is 23.8 Å². The largest absolute Gasteiger partial charge is 0.464 e. The predicted molar refractivity (Wildman–Crippen MR) is 113 cm³/mol. The number of nitrogens with zero attached hydrogens (tertiary/aromatic N) is 2. The SMILES string of the molecule is Cc1ccc(C(=O)NC2CC2)cc1-n1ncc(C(=O)c2ccc3occc3c2)c1N. The van der Waals surface area contributed by atoms with Gasteiger partial charge in [-0.1, -0.05) is 6.07 Å². The molecule has 0 aliphatic heterocycles. The minimum Gasteiger partial charge on any atom is -0.464 e. The summed E-state index contributed by atoms with van der Waals surface area (Å²) >= 11 is 0. The first-order chi connectivity index (χ1) is 14.5. The molecule has 2 aromatic heterocycles. The van der Waals surface area contributed by atoms with Crippen molar-refractivity contribution in [2.24, 2.45) is 0 Å². The van der Waals surface area contributed by atoms with Gasteiger partial charge >= 0.3 is 0 Å². The van der Waals surface area contributed by atoms with Crippen LogP contribution in [0, 0.1) is 6.92 Å². The van der Waals surface area contributed by atoms with Crippen molar-refractivity contribution < 1.29 is 14.0 Å². The molecule has 0 bridgehead atoms. The van der Waals surface area contributed by atoms with E-state index in [1.807, 2.05) is 13.0 Å². The minimum absolute atomic E-state index is 0.116. The van der Waals surface area contributed by atoms with Crippen LogP contribution in [0.25, 0.3) is 16.7 Å². The lowest BCUT2D eigenvalue weighted by Gasteiger charge is -2.11. The number of nitrogen functional groups attached to an aromatic ring is 1. The number of aromatic nitrogens is 2. The van der Waals surface area contributed by atoms with Crippen LogP contribution in [-0.4, -0.2) is 27.5 Å². The Hall–Kier alpha value is -3.87. The first-order valence-electron chi connectivity index (χ1n) is 9.78. The van der Waals surface area contributed by atoms with Crippen molar-refractivity contribution in [2.45, 2.75) is 25.8 Å². The Labute approximate surface area is 172 Å². The van der Waals surface area contributed by atoms with Gasteiger partial charge in [0.15, 0.2) is 5.78 Å². The molecule has 1 saturated carbocycles. The second-order valence-electron chi connectivity index (χ2n) is 7.61. The number of nitrogens with one attached hydrogen (secondary N) is 1. The number of fused-ring (bicyclic) bond motifs is 1. The van der Waals surface area contributed by atoms with Gasteiger partial charge in [-0.3, -0.25) is 9.59 Å². The number of hydrogen-bond acceptors (Lipinski definition) is 5. The van der Waals surface area contributed by atoms with Crippen molar-refractivity contribution in [3.63, 3.8) is 0 Å². The molecule has 0 atom stereocenters. The fraction of sp³-hybridized carbons (Fsp3) is 0.174. The predicted octanol–water partition coefficient (Wildman–Crippen LogP) is 3.63. The maximum absolute atomic E-state index is 13.0. The Kier molecular flexibility index (Phi) is 4.17. The number of anilines is 1. The molecule has 1 amide bonds. The van der Waals surface area contributed by atoms with Crippen molar-refractivity contribution in [1.82, 2.24) is 15.1 Å². The van der Waals surface area contributed by atoms with Crippen LogP contribution >= 0.6 is 0 Å². The maximum Gasteiger partial charge on any atom is 0.251 e. The van der Waals surface area contributed by atoms with E-state index in [4.69, 9.17) is 10.2 Å². The molecule has 7 heteroatoms. The van der Waals surface area contributed by atoms with E-state index in [-0.39, 0.29) is 23.6 Å². The number of amides is 1. The zero-order valence-electron chi connectivity index (χ0n) is 16.4. The van der Waals surface area contributed by atoms with Gasteiger partial charge < -0.3 is 15.5 Å². The molecule has 2 heterocycles. The van der Waals surface area contributed by atoms with Gasteiger partial charge in [0.2, 0.25) is 0 Å². The Balaban J connectivity index is 1.49. The van der Waals surface area contributed by atoms with Gasteiger partial charge in [0.05, 0.1) is 23.7 Å². The van der Waals surface area contributed by atoms with Gasteiger partial charge in [0, 0.05) is 22.6 Å². The van der Waals surface area contributed by atoms with E-state index >= 15 is 0 Å². The van der Waals surface area contributed by atoms with Crippen LogP contribution in [0.4, 0.5) is 5.82 Å². The average Bonchev–Trinajstić information content (AvgIpc) is 3.29. The maximum atomic E-state index is 13.0. The van der Waals surface area contributed by atoms with Gasteiger partial charge in [-0.2, -0.15) is 5.10 Å². The summed E-state index contributed by atoms with van der Waals surface area (Å²) in [5.74, 6) is -0.105. The molecule has 0 spiro atoms. The Morgan fingerprint density at radius 2 is 1.93 bits per heavy atom. The summed E-state index contributed by atoms with van der Waals surface area (Å²) in [4.78, 5) is 25.5.